The van der Waals surface area contributed by atoms with Gasteiger partial charge < -0.3 is 15.0 Å². The Kier molecular flexibility index (Phi) is 2.81. The molecule has 1 unspecified atom stereocenters. The van der Waals surface area contributed by atoms with Crippen LogP contribution in [0.25, 0.3) is 11.3 Å². The highest BCUT2D eigenvalue weighted by Crippen LogP contribution is 2.33. The summed E-state index contributed by atoms with van der Waals surface area (Å²) in [4.78, 5) is 11.9. The fraction of sp³-hybridized carbons (Fsp3) is 0.125. The lowest BCUT2D eigenvalue weighted by molar-refractivity contribution is 0.201. The Bertz CT molecular complexity index is 754. The normalized spacial score (nSPS) is 16.7. The third kappa shape index (κ3) is 2.23. The molecule has 0 aliphatic carbocycles. The number of para-hydroxylation sites is 2. The molecule has 0 fully saturated rings. The summed E-state index contributed by atoms with van der Waals surface area (Å²) < 4.78 is 6.00. The first kappa shape index (κ1) is 12.0. The molecule has 1 atom stereocenters. The van der Waals surface area contributed by atoms with Gasteiger partial charge in [-0.3, -0.25) is 4.98 Å². The smallest absolute Gasteiger partial charge is 0.173 e. The average molecular weight is 278 g/mol. The molecule has 2 aromatic heterocycles. The topological polar surface area (TPSA) is 62.8 Å². The number of ether oxygens (including phenoxy) is 1. The maximum atomic E-state index is 6.00. The minimum atomic E-state index is -0.120. The van der Waals surface area contributed by atoms with Crippen LogP contribution in [-0.2, 0) is 0 Å². The van der Waals surface area contributed by atoms with Gasteiger partial charge >= 0.3 is 0 Å². The Hall–Kier alpha value is -2.82. The van der Waals surface area contributed by atoms with Gasteiger partial charge in [-0.05, 0) is 24.3 Å². The van der Waals surface area contributed by atoms with Crippen LogP contribution in [0.1, 0.15) is 11.9 Å². The average Bonchev–Trinajstić information content (AvgIpc) is 3.05. The molecule has 21 heavy (non-hydrogen) atoms. The van der Waals surface area contributed by atoms with Crippen LogP contribution < -0.4 is 10.1 Å². The van der Waals surface area contributed by atoms with E-state index in [2.05, 4.69) is 20.3 Å². The first-order valence-electron chi connectivity index (χ1n) is 6.85. The lowest BCUT2D eigenvalue weighted by Crippen LogP contribution is -2.24. The molecule has 5 nitrogen and oxygen atoms in total. The van der Waals surface area contributed by atoms with Gasteiger partial charge in [0.25, 0.3) is 0 Å². The van der Waals surface area contributed by atoms with Crippen LogP contribution in [0.3, 0.4) is 0 Å². The molecule has 1 aliphatic rings. The fourth-order valence-corrected chi connectivity index (χ4v) is 2.43. The quantitative estimate of drug-likeness (QED) is 0.756. The standard InChI is InChI=1S/C16H14N4O/c1-2-6-14-12(5-1)18-10-15(21-14)16-19-9-13(20-16)11-4-3-7-17-8-11/h1-9,15,18H,10H2,(H,19,20). The number of benzene rings is 1. The predicted octanol–water partition coefficient (Wildman–Crippen LogP) is 3.02. The number of aromatic nitrogens is 3. The number of nitrogens with zero attached hydrogens (tertiary/aromatic N) is 2. The summed E-state index contributed by atoms with van der Waals surface area (Å²) in [6.45, 7) is 0.691. The van der Waals surface area contributed by atoms with Gasteiger partial charge in [-0.25, -0.2) is 4.98 Å². The third-order valence-electron chi connectivity index (χ3n) is 3.51. The highest BCUT2D eigenvalue weighted by Gasteiger charge is 2.23. The number of hydrogen-bond donors (Lipinski definition) is 2. The molecule has 0 spiro atoms. The SMILES string of the molecule is c1cncc(-c2cnc(C3CNc4ccccc4O3)[nH]2)c1. The molecule has 0 amide bonds. The van der Waals surface area contributed by atoms with Crippen molar-refractivity contribution in [2.24, 2.45) is 0 Å². The van der Waals surface area contributed by atoms with Crippen LogP contribution in [0.15, 0.2) is 55.0 Å². The molecule has 5 heteroatoms. The summed E-state index contributed by atoms with van der Waals surface area (Å²) >= 11 is 0. The summed E-state index contributed by atoms with van der Waals surface area (Å²) in [5, 5.41) is 3.36. The highest BCUT2D eigenvalue weighted by atomic mass is 16.5. The Labute approximate surface area is 122 Å². The third-order valence-corrected chi connectivity index (χ3v) is 3.51. The van der Waals surface area contributed by atoms with Crippen molar-refractivity contribution in [2.75, 3.05) is 11.9 Å². The fourth-order valence-electron chi connectivity index (χ4n) is 2.43. The van der Waals surface area contributed by atoms with E-state index in [-0.39, 0.29) is 6.10 Å². The molecule has 104 valence electrons. The van der Waals surface area contributed by atoms with Crippen molar-refractivity contribution in [3.63, 3.8) is 0 Å². The minimum absolute atomic E-state index is 0.120. The number of imidazole rings is 1. The second-order valence-electron chi connectivity index (χ2n) is 4.91. The van der Waals surface area contributed by atoms with Gasteiger partial charge in [0.15, 0.2) is 6.10 Å². The Morgan fingerprint density at radius 3 is 2.95 bits per heavy atom. The summed E-state index contributed by atoms with van der Waals surface area (Å²) in [6.07, 6.45) is 5.26. The number of anilines is 1. The maximum Gasteiger partial charge on any atom is 0.173 e. The zero-order valence-corrected chi connectivity index (χ0v) is 11.3. The monoisotopic (exact) mass is 278 g/mol. The number of rotatable bonds is 2. The summed E-state index contributed by atoms with van der Waals surface area (Å²) in [6, 6.07) is 11.8. The number of nitrogens with one attached hydrogen (secondary N) is 2. The number of pyridine rings is 1. The van der Waals surface area contributed by atoms with E-state index in [9.17, 15) is 0 Å². The van der Waals surface area contributed by atoms with E-state index >= 15 is 0 Å². The maximum absolute atomic E-state index is 6.00. The molecule has 0 radical (unpaired) electrons. The highest BCUT2D eigenvalue weighted by molar-refractivity contribution is 5.59. The van der Waals surface area contributed by atoms with E-state index in [1.165, 1.54) is 0 Å². The van der Waals surface area contributed by atoms with E-state index in [0.29, 0.717) is 6.54 Å². The summed E-state index contributed by atoms with van der Waals surface area (Å²) in [5.41, 5.74) is 2.98. The van der Waals surface area contributed by atoms with Crippen molar-refractivity contribution < 1.29 is 4.74 Å². The Balaban J connectivity index is 1.60. The van der Waals surface area contributed by atoms with Crippen LogP contribution in [0.2, 0.25) is 0 Å². The van der Waals surface area contributed by atoms with E-state index in [1.807, 2.05) is 48.8 Å². The summed E-state index contributed by atoms with van der Waals surface area (Å²) in [5.74, 6) is 1.67. The largest absolute Gasteiger partial charge is 0.478 e. The summed E-state index contributed by atoms with van der Waals surface area (Å²) in [7, 11) is 0. The van der Waals surface area contributed by atoms with Crippen LogP contribution in [0.4, 0.5) is 5.69 Å². The van der Waals surface area contributed by atoms with Crippen molar-refractivity contribution in [3.05, 3.63) is 60.8 Å². The number of H-pyrrole nitrogens is 1. The molecule has 0 saturated heterocycles. The minimum Gasteiger partial charge on any atom is -0.478 e. The molecule has 0 saturated carbocycles. The molecular formula is C16H14N4O. The predicted molar refractivity (Wildman–Crippen MR) is 80.1 cm³/mol. The van der Waals surface area contributed by atoms with Gasteiger partial charge in [0, 0.05) is 18.0 Å². The number of fused-ring (bicyclic) bond motifs is 1. The van der Waals surface area contributed by atoms with Crippen LogP contribution in [0, 0.1) is 0 Å². The zero-order chi connectivity index (χ0) is 14.1. The molecule has 0 bridgehead atoms. The van der Waals surface area contributed by atoms with Crippen LogP contribution in [0.5, 0.6) is 5.75 Å². The number of aromatic amines is 1. The molecule has 4 rings (SSSR count). The van der Waals surface area contributed by atoms with E-state index in [1.54, 1.807) is 6.20 Å². The zero-order valence-electron chi connectivity index (χ0n) is 11.3. The molecule has 1 aliphatic heterocycles. The first-order chi connectivity index (χ1) is 10.4. The second kappa shape index (κ2) is 4.94. The van der Waals surface area contributed by atoms with Crippen LogP contribution >= 0.6 is 0 Å². The number of hydrogen-bond acceptors (Lipinski definition) is 4. The molecule has 1 aromatic carbocycles. The molecule has 2 N–H and O–H groups in total. The molecular weight excluding hydrogens is 264 g/mol. The van der Waals surface area contributed by atoms with Gasteiger partial charge in [0.05, 0.1) is 24.1 Å². The van der Waals surface area contributed by atoms with Crippen molar-refractivity contribution in [1.29, 1.82) is 0 Å². The van der Waals surface area contributed by atoms with Crippen molar-refractivity contribution in [1.82, 2.24) is 15.0 Å². The van der Waals surface area contributed by atoms with E-state index in [4.69, 9.17) is 4.74 Å². The lowest BCUT2D eigenvalue weighted by atomic mass is 10.2. The van der Waals surface area contributed by atoms with Gasteiger partial charge in [-0.2, -0.15) is 0 Å². The van der Waals surface area contributed by atoms with Crippen molar-refractivity contribution >= 4 is 5.69 Å². The van der Waals surface area contributed by atoms with E-state index in [0.717, 1.165) is 28.5 Å². The lowest BCUT2D eigenvalue weighted by Gasteiger charge is -2.25. The molecule has 3 heterocycles. The van der Waals surface area contributed by atoms with Gasteiger partial charge in [0.1, 0.15) is 11.6 Å². The van der Waals surface area contributed by atoms with E-state index < -0.39 is 0 Å². The second-order valence-corrected chi connectivity index (χ2v) is 4.91. The van der Waals surface area contributed by atoms with Gasteiger partial charge in [0.2, 0.25) is 0 Å². The van der Waals surface area contributed by atoms with Gasteiger partial charge in [-0.15, -0.1) is 0 Å². The van der Waals surface area contributed by atoms with Crippen LogP contribution in [-0.4, -0.2) is 21.5 Å². The first-order valence-corrected chi connectivity index (χ1v) is 6.85. The van der Waals surface area contributed by atoms with Gasteiger partial charge in [-0.1, -0.05) is 12.1 Å². The molecule has 3 aromatic rings. The Morgan fingerprint density at radius 1 is 1.10 bits per heavy atom. The van der Waals surface area contributed by atoms with Crippen molar-refractivity contribution in [2.45, 2.75) is 6.10 Å². The Morgan fingerprint density at radius 2 is 2.05 bits per heavy atom. The van der Waals surface area contributed by atoms with Crippen molar-refractivity contribution in [3.8, 4) is 17.0 Å².